The van der Waals surface area contributed by atoms with Gasteiger partial charge in [-0.15, -0.1) is 11.8 Å². The van der Waals surface area contributed by atoms with E-state index in [0.717, 1.165) is 28.9 Å². The Morgan fingerprint density at radius 3 is 2.40 bits per heavy atom. The van der Waals surface area contributed by atoms with Crippen molar-refractivity contribution in [3.8, 4) is 0 Å². The Bertz CT molecular complexity index is 555. The maximum absolute atomic E-state index is 6.08. The summed E-state index contributed by atoms with van der Waals surface area (Å²) < 4.78 is 0. The molecular formula is C16H17Cl2NS. The van der Waals surface area contributed by atoms with E-state index < -0.39 is 0 Å². The SMILES string of the molecule is CCNCc1cc(Cl)ccc1SCc1ccc(Cl)cc1. The summed E-state index contributed by atoms with van der Waals surface area (Å²) in [6, 6.07) is 14.1. The van der Waals surface area contributed by atoms with E-state index in [4.69, 9.17) is 23.2 Å². The Balaban J connectivity index is 2.06. The third-order valence-electron chi connectivity index (χ3n) is 2.90. The molecule has 0 fully saturated rings. The molecule has 0 aromatic heterocycles. The zero-order valence-corrected chi connectivity index (χ0v) is 13.7. The van der Waals surface area contributed by atoms with Crippen molar-refractivity contribution in [3.63, 3.8) is 0 Å². The van der Waals surface area contributed by atoms with Gasteiger partial charge in [0, 0.05) is 27.2 Å². The molecule has 4 heteroatoms. The fraction of sp³-hybridized carbons (Fsp3) is 0.250. The van der Waals surface area contributed by atoms with E-state index in [1.54, 1.807) is 0 Å². The lowest BCUT2D eigenvalue weighted by atomic mass is 10.2. The zero-order chi connectivity index (χ0) is 14.4. The van der Waals surface area contributed by atoms with Crippen molar-refractivity contribution < 1.29 is 0 Å². The van der Waals surface area contributed by atoms with Crippen LogP contribution in [0.15, 0.2) is 47.4 Å². The Morgan fingerprint density at radius 2 is 1.70 bits per heavy atom. The molecule has 0 atom stereocenters. The molecule has 1 nitrogen and oxygen atoms in total. The Labute approximate surface area is 134 Å². The molecule has 0 aliphatic rings. The highest BCUT2D eigenvalue weighted by atomic mass is 35.5. The van der Waals surface area contributed by atoms with Crippen LogP contribution in [0, 0.1) is 0 Å². The van der Waals surface area contributed by atoms with Gasteiger partial charge in [0.15, 0.2) is 0 Å². The largest absolute Gasteiger partial charge is 0.313 e. The molecule has 20 heavy (non-hydrogen) atoms. The van der Waals surface area contributed by atoms with Crippen molar-refractivity contribution in [2.45, 2.75) is 24.1 Å². The van der Waals surface area contributed by atoms with E-state index in [2.05, 4.69) is 30.4 Å². The summed E-state index contributed by atoms with van der Waals surface area (Å²) in [6.07, 6.45) is 0. The molecule has 0 aliphatic carbocycles. The highest BCUT2D eigenvalue weighted by Gasteiger charge is 2.05. The lowest BCUT2D eigenvalue weighted by molar-refractivity contribution is 0.718. The van der Waals surface area contributed by atoms with Gasteiger partial charge in [-0.2, -0.15) is 0 Å². The molecule has 0 amide bonds. The van der Waals surface area contributed by atoms with Crippen LogP contribution in [0.3, 0.4) is 0 Å². The molecule has 0 heterocycles. The zero-order valence-electron chi connectivity index (χ0n) is 11.3. The molecule has 0 spiro atoms. The van der Waals surface area contributed by atoms with Gasteiger partial charge in [0.1, 0.15) is 0 Å². The molecule has 106 valence electrons. The Morgan fingerprint density at radius 1 is 1.00 bits per heavy atom. The monoisotopic (exact) mass is 325 g/mol. The molecule has 2 aromatic carbocycles. The van der Waals surface area contributed by atoms with E-state index in [9.17, 15) is 0 Å². The number of nitrogens with one attached hydrogen (secondary N) is 1. The van der Waals surface area contributed by atoms with E-state index in [1.807, 2.05) is 36.0 Å². The van der Waals surface area contributed by atoms with Crippen LogP contribution in [-0.2, 0) is 12.3 Å². The summed E-state index contributed by atoms with van der Waals surface area (Å²) in [5.74, 6) is 0.928. The maximum Gasteiger partial charge on any atom is 0.0410 e. The van der Waals surface area contributed by atoms with Gasteiger partial charge in [-0.3, -0.25) is 0 Å². The van der Waals surface area contributed by atoms with Gasteiger partial charge in [0.05, 0.1) is 0 Å². The summed E-state index contributed by atoms with van der Waals surface area (Å²) in [4.78, 5) is 1.27. The van der Waals surface area contributed by atoms with Gasteiger partial charge in [-0.1, -0.05) is 42.3 Å². The van der Waals surface area contributed by atoms with Crippen molar-refractivity contribution in [1.82, 2.24) is 5.32 Å². The molecular weight excluding hydrogens is 309 g/mol. The van der Waals surface area contributed by atoms with Gasteiger partial charge in [-0.25, -0.2) is 0 Å². The van der Waals surface area contributed by atoms with Crippen LogP contribution in [0.4, 0.5) is 0 Å². The predicted octanol–water partition coefficient (Wildman–Crippen LogP) is 5.40. The third kappa shape index (κ3) is 4.71. The van der Waals surface area contributed by atoms with E-state index in [1.165, 1.54) is 16.0 Å². The summed E-state index contributed by atoms with van der Waals surface area (Å²) in [7, 11) is 0. The first kappa shape index (κ1) is 15.7. The molecule has 2 aromatic rings. The second-order valence-corrected chi connectivity index (χ2v) is 6.34. The van der Waals surface area contributed by atoms with Gasteiger partial charge in [0.2, 0.25) is 0 Å². The lowest BCUT2D eigenvalue weighted by Crippen LogP contribution is -2.12. The van der Waals surface area contributed by atoms with Gasteiger partial charge < -0.3 is 5.32 Å². The molecule has 0 bridgehead atoms. The lowest BCUT2D eigenvalue weighted by Gasteiger charge is -2.10. The number of halogens is 2. The highest BCUT2D eigenvalue weighted by Crippen LogP contribution is 2.29. The molecule has 1 N–H and O–H groups in total. The minimum absolute atomic E-state index is 0.776. The number of hydrogen-bond acceptors (Lipinski definition) is 2. The summed E-state index contributed by atoms with van der Waals surface area (Å²) in [5.41, 5.74) is 2.52. The van der Waals surface area contributed by atoms with Crippen molar-refractivity contribution >= 4 is 35.0 Å². The molecule has 0 radical (unpaired) electrons. The van der Waals surface area contributed by atoms with Crippen molar-refractivity contribution in [2.24, 2.45) is 0 Å². The first-order valence-corrected chi connectivity index (χ1v) is 8.29. The van der Waals surface area contributed by atoms with Crippen molar-refractivity contribution in [1.29, 1.82) is 0 Å². The standard InChI is InChI=1S/C16H17Cl2NS/c1-2-19-10-13-9-15(18)7-8-16(13)20-11-12-3-5-14(17)6-4-12/h3-9,19H,2,10-11H2,1H3. The number of hydrogen-bond donors (Lipinski definition) is 1. The highest BCUT2D eigenvalue weighted by molar-refractivity contribution is 7.98. The van der Waals surface area contributed by atoms with E-state index in [-0.39, 0.29) is 0 Å². The fourth-order valence-corrected chi connectivity index (χ4v) is 3.14. The van der Waals surface area contributed by atoms with Crippen molar-refractivity contribution in [2.75, 3.05) is 6.54 Å². The second kappa shape index (κ2) is 7.94. The molecule has 0 aliphatic heterocycles. The average Bonchev–Trinajstić information content (AvgIpc) is 2.46. The predicted molar refractivity (Wildman–Crippen MR) is 89.8 cm³/mol. The average molecular weight is 326 g/mol. The Hall–Kier alpha value is -0.670. The summed E-state index contributed by atoms with van der Waals surface area (Å²) in [6.45, 7) is 3.90. The molecule has 0 unspecified atom stereocenters. The Kier molecular flexibility index (Phi) is 6.24. The van der Waals surface area contributed by atoms with E-state index in [0.29, 0.717) is 0 Å². The van der Waals surface area contributed by atoms with Crippen LogP contribution in [0.5, 0.6) is 0 Å². The first-order valence-electron chi connectivity index (χ1n) is 6.55. The van der Waals surface area contributed by atoms with Crippen LogP contribution in [0.25, 0.3) is 0 Å². The summed E-state index contributed by atoms with van der Waals surface area (Å²) >= 11 is 13.8. The molecule has 0 saturated carbocycles. The number of benzene rings is 2. The molecule has 2 rings (SSSR count). The first-order chi connectivity index (χ1) is 9.69. The van der Waals surface area contributed by atoms with Crippen LogP contribution in [0.2, 0.25) is 10.0 Å². The van der Waals surface area contributed by atoms with Crippen LogP contribution in [-0.4, -0.2) is 6.54 Å². The summed E-state index contributed by atoms with van der Waals surface area (Å²) in [5, 5.41) is 4.91. The smallest absolute Gasteiger partial charge is 0.0410 e. The minimum Gasteiger partial charge on any atom is -0.313 e. The van der Waals surface area contributed by atoms with E-state index >= 15 is 0 Å². The van der Waals surface area contributed by atoms with Gasteiger partial charge in [0.25, 0.3) is 0 Å². The third-order valence-corrected chi connectivity index (χ3v) is 4.57. The maximum atomic E-state index is 6.08. The number of thioether (sulfide) groups is 1. The number of rotatable bonds is 6. The van der Waals surface area contributed by atoms with Crippen LogP contribution >= 0.6 is 35.0 Å². The molecule has 0 saturated heterocycles. The minimum atomic E-state index is 0.776. The van der Waals surface area contributed by atoms with Crippen molar-refractivity contribution in [3.05, 3.63) is 63.6 Å². The van der Waals surface area contributed by atoms with Crippen LogP contribution < -0.4 is 5.32 Å². The van der Waals surface area contributed by atoms with Gasteiger partial charge in [-0.05, 0) is 48.0 Å². The second-order valence-electron chi connectivity index (χ2n) is 4.45. The fourth-order valence-electron chi connectivity index (χ4n) is 1.83. The topological polar surface area (TPSA) is 12.0 Å². The van der Waals surface area contributed by atoms with Crippen LogP contribution in [0.1, 0.15) is 18.1 Å². The van der Waals surface area contributed by atoms with Gasteiger partial charge >= 0.3 is 0 Å². The quantitative estimate of drug-likeness (QED) is 0.714. The normalized spacial score (nSPS) is 10.8.